The van der Waals surface area contributed by atoms with E-state index in [1.165, 1.54) is 0 Å². The average molecular weight is 300 g/mol. The van der Waals surface area contributed by atoms with E-state index >= 15 is 0 Å². The Balaban J connectivity index is 2.37. The summed E-state index contributed by atoms with van der Waals surface area (Å²) in [5.41, 5.74) is 2.58. The molecule has 0 aliphatic rings. The van der Waals surface area contributed by atoms with Crippen LogP contribution in [0.3, 0.4) is 0 Å². The first-order valence-electron chi connectivity index (χ1n) is 7.64. The van der Waals surface area contributed by atoms with Gasteiger partial charge in [-0.15, -0.1) is 0 Å². The van der Waals surface area contributed by atoms with Crippen molar-refractivity contribution in [3.8, 4) is 17.0 Å². The van der Waals surface area contributed by atoms with E-state index in [1.54, 1.807) is 18.7 Å². The SMILES string of the molecule is CCC(C)NCc1ccc(-c2ccccc2OC)n(C)c1=O. The number of hydrogen-bond acceptors (Lipinski definition) is 3. The molecule has 1 N–H and O–H groups in total. The molecule has 0 amide bonds. The minimum Gasteiger partial charge on any atom is -0.496 e. The van der Waals surface area contributed by atoms with Gasteiger partial charge in [-0.3, -0.25) is 4.79 Å². The van der Waals surface area contributed by atoms with Crippen LogP contribution < -0.4 is 15.6 Å². The smallest absolute Gasteiger partial charge is 0.255 e. The second-order valence-corrected chi connectivity index (χ2v) is 5.50. The number of rotatable bonds is 6. The zero-order valence-corrected chi connectivity index (χ0v) is 13.7. The number of benzene rings is 1. The van der Waals surface area contributed by atoms with Gasteiger partial charge in [-0.05, 0) is 31.5 Å². The maximum absolute atomic E-state index is 12.5. The van der Waals surface area contributed by atoms with Crippen LogP contribution in [0, 0.1) is 0 Å². The highest BCUT2D eigenvalue weighted by molar-refractivity contribution is 5.67. The van der Waals surface area contributed by atoms with Gasteiger partial charge in [0, 0.05) is 30.8 Å². The van der Waals surface area contributed by atoms with Gasteiger partial charge in [0.25, 0.3) is 5.56 Å². The fourth-order valence-corrected chi connectivity index (χ4v) is 2.38. The van der Waals surface area contributed by atoms with Crippen LogP contribution in [-0.2, 0) is 13.6 Å². The maximum atomic E-state index is 12.5. The Morgan fingerprint density at radius 1 is 1.23 bits per heavy atom. The van der Waals surface area contributed by atoms with Crippen molar-refractivity contribution in [1.29, 1.82) is 0 Å². The Morgan fingerprint density at radius 3 is 2.64 bits per heavy atom. The van der Waals surface area contributed by atoms with Crippen molar-refractivity contribution in [2.45, 2.75) is 32.9 Å². The highest BCUT2D eigenvalue weighted by Crippen LogP contribution is 2.28. The molecule has 0 radical (unpaired) electrons. The number of pyridine rings is 1. The molecule has 1 aromatic heterocycles. The summed E-state index contributed by atoms with van der Waals surface area (Å²) >= 11 is 0. The monoisotopic (exact) mass is 300 g/mol. The highest BCUT2D eigenvalue weighted by Gasteiger charge is 2.11. The van der Waals surface area contributed by atoms with Gasteiger partial charge in [-0.25, -0.2) is 0 Å². The Bertz CT molecular complexity index is 692. The molecular formula is C18H24N2O2. The number of ether oxygens (including phenoxy) is 1. The summed E-state index contributed by atoms with van der Waals surface area (Å²) in [6.45, 7) is 4.84. The Morgan fingerprint density at radius 2 is 1.95 bits per heavy atom. The fourth-order valence-electron chi connectivity index (χ4n) is 2.38. The van der Waals surface area contributed by atoms with Crippen LogP contribution in [0.15, 0.2) is 41.2 Å². The van der Waals surface area contributed by atoms with Gasteiger partial charge < -0.3 is 14.6 Å². The molecule has 0 spiro atoms. The predicted molar refractivity (Wildman–Crippen MR) is 90.3 cm³/mol. The van der Waals surface area contributed by atoms with Crippen molar-refractivity contribution in [1.82, 2.24) is 9.88 Å². The minimum atomic E-state index is 0.0270. The van der Waals surface area contributed by atoms with E-state index in [4.69, 9.17) is 4.74 Å². The molecule has 0 aliphatic carbocycles. The third kappa shape index (κ3) is 3.39. The van der Waals surface area contributed by atoms with E-state index in [0.29, 0.717) is 12.6 Å². The third-order valence-electron chi connectivity index (χ3n) is 4.02. The van der Waals surface area contributed by atoms with E-state index in [2.05, 4.69) is 19.2 Å². The molecule has 2 aromatic rings. The lowest BCUT2D eigenvalue weighted by atomic mass is 10.1. The van der Waals surface area contributed by atoms with Gasteiger partial charge in [-0.1, -0.05) is 25.1 Å². The average Bonchev–Trinajstić information content (AvgIpc) is 2.56. The van der Waals surface area contributed by atoms with E-state index in [0.717, 1.165) is 29.0 Å². The Kier molecular flexibility index (Phi) is 5.39. The zero-order valence-electron chi connectivity index (χ0n) is 13.7. The third-order valence-corrected chi connectivity index (χ3v) is 4.02. The van der Waals surface area contributed by atoms with Gasteiger partial charge in [0.1, 0.15) is 5.75 Å². The van der Waals surface area contributed by atoms with Crippen LogP contribution in [-0.4, -0.2) is 17.7 Å². The van der Waals surface area contributed by atoms with E-state index in [1.807, 2.05) is 36.4 Å². The first-order chi connectivity index (χ1) is 10.6. The summed E-state index contributed by atoms with van der Waals surface area (Å²) in [5.74, 6) is 0.767. The van der Waals surface area contributed by atoms with Crippen molar-refractivity contribution in [2.75, 3.05) is 7.11 Å². The minimum absolute atomic E-state index is 0.0270. The standard InChI is InChI=1S/C18H24N2O2/c1-5-13(2)19-12-14-10-11-16(20(3)18(14)21)15-8-6-7-9-17(15)22-4/h6-11,13,19H,5,12H2,1-4H3. The van der Waals surface area contributed by atoms with E-state index in [9.17, 15) is 4.79 Å². The number of hydrogen-bond donors (Lipinski definition) is 1. The summed E-state index contributed by atoms with van der Waals surface area (Å²) in [7, 11) is 3.44. The van der Waals surface area contributed by atoms with Gasteiger partial charge in [0.15, 0.2) is 0 Å². The number of aromatic nitrogens is 1. The quantitative estimate of drug-likeness (QED) is 0.892. The molecule has 0 saturated heterocycles. The van der Waals surface area contributed by atoms with Crippen LogP contribution >= 0.6 is 0 Å². The van der Waals surface area contributed by atoms with Gasteiger partial charge in [0.05, 0.1) is 12.8 Å². The molecule has 4 nitrogen and oxygen atoms in total. The summed E-state index contributed by atoms with van der Waals surface area (Å²) in [6.07, 6.45) is 1.04. The molecule has 1 unspecified atom stereocenters. The van der Waals surface area contributed by atoms with Crippen molar-refractivity contribution in [3.63, 3.8) is 0 Å². The van der Waals surface area contributed by atoms with Gasteiger partial charge >= 0.3 is 0 Å². The molecule has 0 fully saturated rings. The fraction of sp³-hybridized carbons (Fsp3) is 0.389. The lowest BCUT2D eigenvalue weighted by Crippen LogP contribution is -2.30. The maximum Gasteiger partial charge on any atom is 0.255 e. The molecule has 4 heteroatoms. The molecule has 22 heavy (non-hydrogen) atoms. The zero-order chi connectivity index (χ0) is 16.1. The number of para-hydroxylation sites is 1. The first-order valence-corrected chi connectivity index (χ1v) is 7.64. The van der Waals surface area contributed by atoms with Crippen LogP contribution in [0.1, 0.15) is 25.8 Å². The molecule has 0 aliphatic heterocycles. The lowest BCUT2D eigenvalue weighted by Gasteiger charge is -2.15. The number of methoxy groups -OCH3 is 1. The van der Waals surface area contributed by atoms with Crippen LogP contribution in [0.2, 0.25) is 0 Å². The molecule has 1 heterocycles. The summed E-state index contributed by atoms with van der Waals surface area (Å²) in [4.78, 5) is 12.5. The second-order valence-electron chi connectivity index (χ2n) is 5.50. The Labute approximate surface area is 131 Å². The van der Waals surface area contributed by atoms with Crippen molar-refractivity contribution >= 4 is 0 Å². The predicted octanol–water partition coefficient (Wildman–Crippen LogP) is 2.95. The molecule has 0 bridgehead atoms. The normalized spacial score (nSPS) is 12.2. The number of nitrogens with one attached hydrogen (secondary N) is 1. The van der Waals surface area contributed by atoms with E-state index in [-0.39, 0.29) is 5.56 Å². The summed E-state index contributed by atoms with van der Waals surface area (Å²) < 4.78 is 7.08. The van der Waals surface area contributed by atoms with Gasteiger partial charge in [-0.2, -0.15) is 0 Å². The first kappa shape index (κ1) is 16.3. The van der Waals surface area contributed by atoms with Gasteiger partial charge in [0.2, 0.25) is 0 Å². The molecule has 1 atom stereocenters. The second kappa shape index (κ2) is 7.27. The Hall–Kier alpha value is -2.07. The molecule has 118 valence electrons. The van der Waals surface area contributed by atoms with Crippen LogP contribution in [0.5, 0.6) is 5.75 Å². The molecular weight excluding hydrogens is 276 g/mol. The van der Waals surface area contributed by atoms with Crippen LogP contribution in [0.25, 0.3) is 11.3 Å². The summed E-state index contributed by atoms with van der Waals surface area (Å²) in [5, 5.41) is 3.36. The molecule has 0 saturated carbocycles. The van der Waals surface area contributed by atoms with Crippen molar-refractivity contribution in [3.05, 3.63) is 52.3 Å². The lowest BCUT2D eigenvalue weighted by molar-refractivity contribution is 0.416. The topological polar surface area (TPSA) is 43.3 Å². The largest absolute Gasteiger partial charge is 0.496 e. The molecule has 2 rings (SSSR count). The molecule has 1 aromatic carbocycles. The van der Waals surface area contributed by atoms with Crippen molar-refractivity contribution in [2.24, 2.45) is 7.05 Å². The highest BCUT2D eigenvalue weighted by atomic mass is 16.5. The van der Waals surface area contributed by atoms with E-state index < -0.39 is 0 Å². The van der Waals surface area contributed by atoms with Crippen molar-refractivity contribution < 1.29 is 4.74 Å². The van der Waals surface area contributed by atoms with Crippen LogP contribution in [0.4, 0.5) is 0 Å². The number of nitrogens with zero attached hydrogens (tertiary/aromatic N) is 1. The summed E-state index contributed by atoms with van der Waals surface area (Å²) in [6, 6.07) is 12.0.